The first-order chi connectivity index (χ1) is 13.0. The van der Waals surface area contributed by atoms with Gasteiger partial charge in [-0.1, -0.05) is 5.16 Å². The third-order valence-electron chi connectivity index (χ3n) is 5.10. The van der Waals surface area contributed by atoms with Gasteiger partial charge < -0.3 is 14.0 Å². The molecule has 0 unspecified atom stereocenters. The Morgan fingerprint density at radius 2 is 2.19 bits per heavy atom. The zero-order valence-electron chi connectivity index (χ0n) is 15.4. The minimum absolute atomic E-state index is 0.0571. The van der Waals surface area contributed by atoms with E-state index in [4.69, 9.17) is 4.52 Å². The molecule has 1 amide bonds. The van der Waals surface area contributed by atoms with Gasteiger partial charge >= 0.3 is 0 Å². The Morgan fingerprint density at radius 1 is 1.33 bits per heavy atom. The molecule has 140 valence electrons. The molecule has 0 spiro atoms. The number of aryl methyl sites for hydroxylation is 2. The minimum Gasteiger partial charge on any atom is -0.348 e. The van der Waals surface area contributed by atoms with Gasteiger partial charge in [0.25, 0.3) is 0 Å². The van der Waals surface area contributed by atoms with Gasteiger partial charge in [-0.3, -0.25) is 4.79 Å². The molecule has 4 rings (SSSR count). The van der Waals surface area contributed by atoms with Crippen LogP contribution in [0.25, 0.3) is 11.4 Å². The Kier molecular flexibility index (Phi) is 4.51. The van der Waals surface area contributed by atoms with Gasteiger partial charge in [0.15, 0.2) is 0 Å². The SMILES string of the molecule is Cc1cc(-c2noc(CCC(=O)N3CCn4cccc4[C@H]3C)n2)ccc1F. The molecule has 1 aromatic carbocycles. The quantitative estimate of drug-likeness (QED) is 0.707. The lowest BCUT2D eigenvalue weighted by Gasteiger charge is -2.35. The molecule has 1 atom stereocenters. The molecule has 0 N–H and O–H groups in total. The Labute approximate surface area is 156 Å². The van der Waals surface area contributed by atoms with E-state index in [1.165, 1.54) is 6.07 Å². The smallest absolute Gasteiger partial charge is 0.227 e. The summed E-state index contributed by atoms with van der Waals surface area (Å²) in [4.78, 5) is 18.9. The normalized spacial score (nSPS) is 16.4. The van der Waals surface area contributed by atoms with E-state index in [-0.39, 0.29) is 17.8 Å². The van der Waals surface area contributed by atoms with Crippen molar-refractivity contribution in [1.82, 2.24) is 19.6 Å². The van der Waals surface area contributed by atoms with Gasteiger partial charge in [-0.15, -0.1) is 0 Å². The van der Waals surface area contributed by atoms with E-state index in [1.807, 2.05) is 24.1 Å². The predicted molar refractivity (Wildman–Crippen MR) is 97.3 cm³/mol. The molecule has 7 heteroatoms. The van der Waals surface area contributed by atoms with Crippen LogP contribution in [0.4, 0.5) is 4.39 Å². The summed E-state index contributed by atoms with van der Waals surface area (Å²) < 4.78 is 20.9. The largest absolute Gasteiger partial charge is 0.348 e. The molecular formula is C20H21FN4O2. The molecule has 2 aromatic heterocycles. The highest BCUT2D eigenvalue weighted by molar-refractivity contribution is 5.77. The third-order valence-corrected chi connectivity index (χ3v) is 5.10. The van der Waals surface area contributed by atoms with Gasteiger partial charge in [-0.2, -0.15) is 4.98 Å². The minimum atomic E-state index is -0.269. The van der Waals surface area contributed by atoms with Crippen LogP contribution in [0.3, 0.4) is 0 Å². The average Bonchev–Trinajstić information content (AvgIpc) is 3.32. The number of halogens is 1. The van der Waals surface area contributed by atoms with Crippen LogP contribution in [0.2, 0.25) is 0 Å². The zero-order valence-corrected chi connectivity index (χ0v) is 15.4. The fourth-order valence-corrected chi connectivity index (χ4v) is 3.53. The van der Waals surface area contributed by atoms with Crippen molar-refractivity contribution >= 4 is 5.91 Å². The Bertz CT molecular complexity index is 978. The number of carbonyl (C=O) groups excluding carboxylic acids is 1. The number of fused-ring (bicyclic) bond motifs is 1. The molecule has 6 nitrogen and oxygen atoms in total. The molecule has 3 aromatic rings. The van der Waals surface area contributed by atoms with Gasteiger partial charge in [0.05, 0.1) is 6.04 Å². The van der Waals surface area contributed by atoms with Crippen molar-refractivity contribution in [3.8, 4) is 11.4 Å². The second-order valence-corrected chi connectivity index (χ2v) is 6.87. The third kappa shape index (κ3) is 3.37. The second kappa shape index (κ2) is 6.98. The number of benzene rings is 1. The molecule has 0 fully saturated rings. The van der Waals surface area contributed by atoms with Crippen LogP contribution in [0.15, 0.2) is 41.1 Å². The van der Waals surface area contributed by atoms with Crippen LogP contribution >= 0.6 is 0 Å². The fraction of sp³-hybridized carbons (Fsp3) is 0.350. The van der Waals surface area contributed by atoms with E-state index in [0.29, 0.717) is 42.2 Å². The Morgan fingerprint density at radius 3 is 3.00 bits per heavy atom. The van der Waals surface area contributed by atoms with Crippen molar-refractivity contribution in [3.05, 3.63) is 59.5 Å². The maximum atomic E-state index is 13.4. The summed E-state index contributed by atoms with van der Waals surface area (Å²) in [6, 6.07) is 8.81. The van der Waals surface area contributed by atoms with E-state index in [1.54, 1.807) is 19.1 Å². The maximum Gasteiger partial charge on any atom is 0.227 e. The average molecular weight is 368 g/mol. The van der Waals surface area contributed by atoms with Crippen molar-refractivity contribution < 1.29 is 13.7 Å². The van der Waals surface area contributed by atoms with Gasteiger partial charge in [0, 0.05) is 43.4 Å². The number of carbonyl (C=O) groups is 1. The highest BCUT2D eigenvalue weighted by atomic mass is 19.1. The van der Waals surface area contributed by atoms with Crippen LogP contribution in [0.1, 0.15) is 36.5 Å². The zero-order chi connectivity index (χ0) is 19.0. The Balaban J connectivity index is 1.40. The predicted octanol–water partition coefficient (Wildman–Crippen LogP) is 3.52. The van der Waals surface area contributed by atoms with Gasteiger partial charge in [0.2, 0.25) is 17.6 Å². The van der Waals surface area contributed by atoms with Crippen molar-refractivity contribution in [3.63, 3.8) is 0 Å². The summed E-state index contributed by atoms with van der Waals surface area (Å²) in [5.41, 5.74) is 2.37. The van der Waals surface area contributed by atoms with E-state index >= 15 is 0 Å². The molecule has 0 saturated carbocycles. The molecule has 0 saturated heterocycles. The highest BCUT2D eigenvalue weighted by Crippen LogP contribution is 2.26. The molecular weight excluding hydrogens is 347 g/mol. The topological polar surface area (TPSA) is 64.2 Å². The number of amides is 1. The summed E-state index contributed by atoms with van der Waals surface area (Å²) in [7, 11) is 0. The molecule has 3 heterocycles. The number of hydrogen-bond acceptors (Lipinski definition) is 4. The summed E-state index contributed by atoms with van der Waals surface area (Å²) >= 11 is 0. The van der Waals surface area contributed by atoms with E-state index in [0.717, 1.165) is 12.2 Å². The first-order valence-electron chi connectivity index (χ1n) is 9.06. The van der Waals surface area contributed by atoms with Crippen LogP contribution in [-0.2, 0) is 17.8 Å². The van der Waals surface area contributed by atoms with E-state index in [2.05, 4.69) is 20.8 Å². The molecule has 27 heavy (non-hydrogen) atoms. The van der Waals surface area contributed by atoms with Crippen LogP contribution in [-0.4, -0.2) is 32.1 Å². The second-order valence-electron chi connectivity index (χ2n) is 6.87. The summed E-state index contributed by atoms with van der Waals surface area (Å²) in [5.74, 6) is 0.625. The van der Waals surface area contributed by atoms with Crippen LogP contribution < -0.4 is 0 Å². The van der Waals surface area contributed by atoms with Crippen LogP contribution in [0.5, 0.6) is 0 Å². The van der Waals surface area contributed by atoms with Crippen molar-refractivity contribution in [2.45, 2.75) is 39.3 Å². The number of aromatic nitrogens is 3. The lowest BCUT2D eigenvalue weighted by molar-refractivity contribution is -0.134. The molecule has 1 aliphatic rings. The maximum absolute atomic E-state index is 13.4. The summed E-state index contributed by atoms with van der Waals surface area (Å²) in [6.07, 6.45) is 2.75. The first kappa shape index (κ1) is 17.5. The monoisotopic (exact) mass is 368 g/mol. The van der Waals surface area contributed by atoms with Crippen molar-refractivity contribution in [2.24, 2.45) is 0 Å². The van der Waals surface area contributed by atoms with Crippen molar-refractivity contribution in [2.75, 3.05) is 6.54 Å². The van der Waals surface area contributed by atoms with Gasteiger partial charge in [0.1, 0.15) is 5.82 Å². The number of nitrogens with zero attached hydrogens (tertiary/aromatic N) is 4. The lowest BCUT2D eigenvalue weighted by Crippen LogP contribution is -2.40. The standard InChI is InChI=1S/C20H21FN4O2/c1-13-12-15(5-6-16(13)21)20-22-18(27-23-20)7-8-19(26)25-11-10-24-9-3-4-17(24)14(25)2/h3-6,9,12,14H,7-8,10-11H2,1-2H3/t14-/m1/s1. The molecule has 0 radical (unpaired) electrons. The summed E-state index contributed by atoms with van der Waals surface area (Å²) in [5, 5.41) is 3.95. The van der Waals surface area contributed by atoms with E-state index in [9.17, 15) is 9.18 Å². The molecule has 1 aliphatic heterocycles. The molecule has 0 bridgehead atoms. The van der Waals surface area contributed by atoms with Gasteiger partial charge in [-0.25, -0.2) is 4.39 Å². The fourth-order valence-electron chi connectivity index (χ4n) is 3.53. The van der Waals surface area contributed by atoms with Crippen molar-refractivity contribution in [1.29, 1.82) is 0 Å². The van der Waals surface area contributed by atoms with E-state index < -0.39 is 0 Å². The first-order valence-corrected chi connectivity index (χ1v) is 9.06. The highest BCUT2D eigenvalue weighted by Gasteiger charge is 2.27. The Hall–Kier alpha value is -2.96. The number of rotatable bonds is 4. The molecule has 0 aliphatic carbocycles. The lowest BCUT2D eigenvalue weighted by atomic mass is 10.1. The summed E-state index contributed by atoms with van der Waals surface area (Å²) in [6.45, 7) is 5.25. The number of hydrogen-bond donors (Lipinski definition) is 0. The van der Waals surface area contributed by atoms with Crippen LogP contribution in [0, 0.1) is 12.7 Å². The van der Waals surface area contributed by atoms with Gasteiger partial charge in [-0.05, 0) is 49.7 Å².